The molecule has 3 heterocycles. The van der Waals surface area contributed by atoms with Crippen LogP contribution in [0.2, 0.25) is 0 Å². The van der Waals surface area contributed by atoms with E-state index in [-0.39, 0.29) is 36.5 Å². The van der Waals surface area contributed by atoms with Gasteiger partial charge in [0.05, 0.1) is 12.7 Å². The summed E-state index contributed by atoms with van der Waals surface area (Å²) >= 11 is 0. The maximum atomic E-state index is 14.7. The summed E-state index contributed by atoms with van der Waals surface area (Å²) in [5, 5.41) is 3.18. The summed E-state index contributed by atoms with van der Waals surface area (Å²) in [6.45, 7) is 3.34. The van der Waals surface area contributed by atoms with Gasteiger partial charge in [-0.05, 0) is 24.1 Å². The van der Waals surface area contributed by atoms with Gasteiger partial charge in [-0.15, -0.1) is 0 Å². The van der Waals surface area contributed by atoms with Crippen molar-refractivity contribution >= 4 is 11.4 Å². The van der Waals surface area contributed by atoms with E-state index in [4.69, 9.17) is 18.9 Å². The number of nitrogens with one attached hydrogen (secondary N) is 1. The zero-order chi connectivity index (χ0) is 27.0. The number of quaternary nitrogens is 1. The molecule has 0 aliphatic carbocycles. The number of alkyl halides is 2. The Kier molecular flexibility index (Phi) is 6.68. The molecular weight excluding hydrogens is 504 g/mol. The van der Waals surface area contributed by atoms with Crippen molar-refractivity contribution in [2.75, 3.05) is 33.7 Å². The second-order valence-electron chi connectivity index (χ2n) is 10.1. The summed E-state index contributed by atoms with van der Waals surface area (Å²) in [4.78, 5) is 2.11. The second-order valence-corrected chi connectivity index (χ2v) is 10.1. The van der Waals surface area contributed by atoms with E-state index in [1.807, 2.05) is 73.8 Å². The lowest BCUT2D eigenvalue weighted by atomic mass is 10.1. The molecular formula is C30H32F2N3O4+. The zero-order valence-electron chi connectivity index (χ0n) is 22.0. The van der Waals surface area contributed by atoms with E-state index in [0.717, 1.165) is 29.8 Å². The van der Waals surface area contributed by atoms with Crippen LogP contribution in [0.3, 0.4) is 0 Å². The average Bonchev–Trinajstić information content (AvgIpc) is 3.70. The summed E-state index contributed by atoms with van der Waals surface area (Å²) < 4.78 is 52.0. The summed E-state index contributed by atoms with van der Waals surface area (Å²) in [6, 6.07) is 21.3. The van der Waals surface area contributed by atoms with Crippen molar-refractivity contribution in [1.29, 1.82) is 0 Å². The zero-order valence-corrected chi connectivity index (χ0v) is 22.0. The molecule has 0 aromatic heterocycles. The van der Waals surface area contributed by atoms with Crippen LogP contribution in [0.1, 0.15) is 31.5 Å². The van der Waals surface area contributed by atoms with E-state index < -0.39 is 6.43 Å². The van der Waals surface area contributed by atoms with Crippen LogP contribution in [0, 0.1) is 0 Å². The molecule has 6 rings (SSSR count). The first-order valence-electron chi connectivity index (χ1n) is 13.2. The first-order valence-corrected chi connectivity index (χ1v) is 13.2. The normalized spacial score (nSPS) is 17.8. The van der Waals surface area contributed by atoms with E-state index >= 15 is 0 Å². The molecule has 0 radical (unpaired) electrons. The standard InChI is InChI=1S/C30H32F2N3O4/c1-3-4-14-34-23(28(29(31)32)33-30(34)20-8-6-5-7-9-20)17-35(2,21-10-12-24-26(15-21)38-18-36-24)22-11-13-25-27(16-22)39-19-37-25/h5-13,15-16,29-30,33H,3-4,14,17-19H2,1-2H3/q+1. The van der Waals surface area contributed by atoms with Crippen molar-refractivity contribution in [2.24, 2.45) is 0 Å². The van der Waals surface area contributed by atoms with Crippen molar-refractivity contribution in [3.63, 3.8) is 0 Å². The fourth-order valence-corrected chi connectivity index (χ4v) is 5.49. The number of ether oxygens (including phenoxy) is 4. The lowest BCUT2D eigenvalue weighted by molar-refractivity contribution is 0.173. The van der Waals surface area contributed by atoms with Gasteiger partial charge >= 0.3 is 0 Å². The third-order valence-corrected chi connectivity index (χ3v) is 7.67. The molecule has 7 nitrogen and oxygen atoms in total. The van der Waals surface area contributed by atoms with Crippen molar-refractivity contribution in [3.8, 4) is 23.0 Å². The Morgan fingerprint density at radius 1 is 0.872 bits per heavy atom. The van der Waals surface area contributed by atoms with Gasteiger partial charge in [0, 0.05) is 30.8 Å². The Morgan fingerprint density at radius 2 is 1.46 bits per heavy atom. The molecule has 1 atom stereocenters. The first kappa shape index (κ1) is 25.3. The smallest absolute Gasteiger partial charge is 0.279 e. The molecule has 3 aromatic rings. The molecule has 0 saturated carbocycles. The number of nitrogens with zero attached hydrogens (tertiary/aromatic N) is 2. The van der Waals surface area contributed by atoms with Gasteiger partial charge < -0.3 is 29.2 Å². The van der Waals surface area contributed by atoms with Crippen LogP contribution in [-0.2, 0) is 0 Å². The number of allylic oxidation sites excluding steroid dienone is 1. The second kappa shape index (κ2) is 10.3. The number of fused-ring (bicyclic) bond motifs is 2. The topological polar surface area (TPSA) is 52.2 Å². The summed E-state index contributed by atoms with van der Waals surface area (Å²) in [7, 11) is 2.03. The highest BCUT2D eigenvalue weighted by Crippen LogP contribution is 2.46. The fraction of sp³-hybridized carbons (Fsp3) is 0.333. The van der Waals surface area contributed by atoms with Gasteiger partial charge in [-0.2, -0.15) is 0 Å². The van der Waals surface area contributed by atoms with E-state index in [2.05, 4.69) is 17.1 Å². The third kappa shape index (κ3) is 4.61. The highest BCUT2D eigenvalue weighted by Gasteiger charge is 2.42. The molecule has 39 heavy (non-hydrogen) atoms. The number of halogens is 2. The van der Waals surface area contributed by atoms with Crippen LogP contribution in [0.4, 0.5) is 20.2 Å². The van der Waals surface area contributed by atoms with E-state index in [9.17, 15) is 8.78 Å². The van der Waals surface area contributed by atoms with Crippen molar-refractivity contribution < 1.29 is 27.7 Å². The summed E-state index contributed by atoms with van der Waals surface area (Å²) in [6.07, 6.45) is -1.20. The summed E-state index contributed by atoms with van der Waals surface area (Å²) in [5.41, 5.74) is 3.24. The largest absolute Gasteiger partial charge is 0.454 e. The Labute approximate surface area is 226 Å². The van der Waals surface area contributed by atoms with Crippen LogP contribution in [-0.4, -0.2) is 45.0 Å². The van der Waals surface area contributed by atoms with Crippen molar-refractivity contribution in [1.82, 2.24) is 14.7 Å². The molecule has 3 aliphatic rings. The third-order valence-electron chi connectivity index (χ3n) is 7.67. The maximum Gasteiger partial charge on any atom is 0.279 e. The predicted molar refractivity (Wildman–Crippen MR) is 144 cm³/mol. The van der Waals surface area contributed by atoms with Gasteiger partial charge in [0.2, 0.25) is 13.6 Å². The number of unbranched alkanes of at least 4 members (excludes halogenated alkanes) is 1. The minimum Gasteiger partial charge on any atom is -0.454 e. The van der Waals surface area contributed by atoms with Gasteiger partial charge in [-0.1, -0.05) is 43.7 Å². The molecule has 3 aliphatic heterocycles. The van der Waals surface area contributed by atoms with Crippen LogP contribution in [0.25, 0.3) is 0 Å². The predicted octanol–water partition coefficient (Wildman–Crippen LogP) is 6.29. The molecule has 0 fully saturated rings. The molecule has 9 heteroatoms. The maximum absolute atomic E-state index is 14.7. The first-order chi connectivity index (χ1) is 19.0. The molecule has 0 saturated heterocycles. The number of hydrogen-bond acceptors (Lipinski definition) is 6. The SMILES string of the molecule is CCCCN1C(C[N+](C)(c2ccc3c(c2)OCO3)c2ccc3c(c2)OCO3)=C(C(F)F)NC1c1ccccc1. The Balaban J connectivity index is 1.47. The lowest BCUT2D eigenvalue weighted by Gasteiger charge is -2.37. The van der Waals surface area contributed by atoms with Crippen molar-refractivity contribution in [3.05, 3.63) is 83.7 Å². The van der Waals surface area contributed by atoms with Crippen LogP contribution >= 0.6 is 0 Å². The average molecular weight is 537 g/mol. The van der Waals surface area contributed by atoms with Gasteiger partial charge in [-0.25, -0.2) is 8.78 Å². The molecule has 3 aromatic carbocycles. The molecule has 1 unspecified atom stereocenters. The van der Waals surface area contributed by atoms with E-state index in [0.29, 0.717) is 35.2 Å². The quantitative estimate of drug-likeness (QED) is 0.324. The highest BCUT2D eigenvalue weighted by molar-refractivity contribution is 5.66. The van der Waals surface area contributed by atoms with E-state index in [1.165, 1.54) is 0 Å². The number of hydrogen-bond donors (Lipinski definition) is 1. The lowest BCUT2D eigenvalue weighted by Crippen LogP contribution is -2.44. The molecule has 0 amide bonds. The van der Waals surface area contributed by atoms with Crippen LogP contribution in [0.5, 0.6) is 23.0 Å². The van der Waals surface area contributed by atoms with Crippen molar-refractivity contribution in [2.45, 2.75) is 32.4 Å². The van der Waals surface area contributed by atoms with Gasteiger partial charge in [-0.3, -0.25) is 4.48 Å². The van der Waals surface area contributed by atoms with Gasteiger partial charge in [0.25, 0.3) is 6.43 Å². The highest BCUT2D eigenvalue weighted by atomic mass is 19.3. The minimum absolute atomic E-state index is 0.0363. The van der Waals surface area contributed by atoms with Crippen LogP contribution in [0.15, 0.2) is 78.1 Å². The van der Waals surface area contributed by atoms with E-state index in [1.54, 1.807) is 0 Å². The number of rotatable bonds is 9. The van der Waals surface area contributed by atoms with Gasteiger partial charge in [0.1, 0.15) is 29.8 Å². The summed E-state index contributed by atoms with van der Waals surface area (Å²) in [5.74, 6) is 2.60. The Hall–Kier alpha value is -3.98. The van der Waals surface area contributed by atoms with Crippen LogP contribution < -0.4 is 28.7 Å². The molecule has 0 bridgehead atoms. The molecule has 0 spiro atoms. The number of likely N-dealkylation sites (N-methyl/N-ethyl adjacent to an activating group) is 1. The number of benzene rings is 3. The molecule has 204 valence electrons. The monoisotopic (exact) mass is 536 g/mol. The van der Waals surface area contributed by atoms with Gasteiger partial charge in [0.15, 0.2) is 23.0 Å². The Morgan fingerprint density at radius 3 is 2.03 bits per heavy atom. The Bertz CT molecular complexity index is 1320. The fourth-order valence-electron chi connectivity index (χ4n) is 5.49. The minimum atomic E-state index is -2.65. The molecule has 1 N–H and O–H groups in total.